The lowest BCUT2D eigenvalue weighted by Crippen LogP contribution is -2.04. The van der Waals surface area contributed by atoms with Crippen molar-refractivity contribution in [2.75, 3.05) is 0 Å². The van der Waals surface area contributed by atoms with Crippen LogP contribution in [0.2, 0.25) is 0 Å². The molecule has 3 heteroatoms. The maximum Gasteiger partial charge on any atom is 0.152 e. The second-order valence-electron chi connectivity index (χ2n) is 11.4. The molecular formula is C40H24N2O. The molecule has 0 N–H and O–H groups in total. The summed E-state index contributed by atoms with van der Waals surface area (Å²) < 4.78 is 11.1. The minimum absolute atomic E-state index is 0.880. The summed E-state index contributed by atoms with van der Waals surface area (Å²) >= 11 is 0. The van der Waals surface area contributed by atoms with Gasteiger partial charge in [0.05, 0.1) is 27.8 Å². The van der Waals surface area contributed by atoms with Crippen molar-refractivity contribution in [1.29, 1.82) is 0 Å². The van der Waals surface area contributed by atoms with Crippen molar-refractivity contribution in [2.24, 2.45) is 0 Å². The summed E-state index contributed by atoms with van der Waals surface area (Å²) in [6.45, 7) is 0. The molecule has 0 unspecified atom stereocenters. The summed E-state index contributed by atoms with van der Waals surface area (Å²) in [7, 11) is 0. The van der Waals surface area contributed by atoms with Crippen LogP contribution in [0.4, 0.5) is 0 Å². The van der Waals surface area contributed by atoms with E-state index in [2.05, 4.69) is 149 Å². The number of aromatic nitrogens is 2. The molecule has 0 radical (unpaired) electrons. The largest absolute Gasteiger partial charge is 0.453 e. The lowest BCUT2D eigenvalue weighted by molar-refractivity contribution is 0.476. The van der Waals surface area contributed by atoms with Crippen LogP contribution in [0.5, 0.6) is 11.5 Å². The van der Waals surface area contributed by atoms with E-state index in [0.29, 0.717) is 0 Å². The number of para-hydroxylation sites is 6. The molecule has 3 nitrogen and oxygen atoms in total. The Morgan fingerprint density at radius 3 is 1.88 bits per heavy atom. The zero-order valence-electron chi connectivity index (χ0n) is 23.2. The second kappa shape index (κ2) is 8.37. The van der Waals surface area contributed by atoms with E-state index < -0.39 is 0 Å². The molecule has 0 saturated heterocycles. The van der Waals surface area contributed by atoms with Crippen LogP contribution in [0.3, 0.4) is 0 Å². The first-order chi connectivity index (χ1) is 21.3. The van der Waals surface area contributed by atoms with Crippen molar-refractivity contribution in [3.05, 3.63) is 146 Å². The highest BCUT2D eigenvalue weighted by molar-refractivity contribution is 6.16. The Bertz CT molecular complexity index is 2550. The van der Waals surface area contributed by atoms with Gasteiger partial charge in [-0.2, -0.15) is 0 Å². The maximum absolute atomic E-state index is 6.35. The summed E-state index contributed by atoms with van der Waals surface area (Å²) in [5, 5.41) is 7.44. The summed E-state index contributed by atoms with van der Waals surface area (Å²) in [5.41, 5.74) is 9.45. The monoisotopic (exact) mass is 548 g/mol. The summed E-state index contributed by atoms with van der Waals surface area (Å²) in [6.07, 6.45) is 0. The Balaban J connectivity index is 1.19. The fourth-order valence-corrected chi connectivity index (χ4v) is 7.23. The first kappa shape index (κ1) is 22.8. The Morgan fingerprint density at radius 1 is 0.419 bits per heavy atom. The highest BCUT2D eigenvalue weighted by Gasteiger charge is 2.25. The molecule has 0 aliphatic carbocycles. The molecule has 9 aromatic rings. The predicted octanol–water partition coefficient (Wildman–Crippen LogP) is 10.8. The average molecular weight is 549 g/mol. The Kier molecular flexibility index (Phi) is 4.45. The molecule has 3 heterocycles. The zero-order chi connectivity index (χ0) is 28.1. The predicted molar refractivity (Wildman–Crippen MR) is 178 cm³/mol. The van der Waals surface area contributed by atoms with Gasteiger partial charge in [-0.25, -0.2) is 0 Å². The summed E-state index contributed by atoms with van der Waals surface area (Å²) in [4.78, 5) is 0. The molecule has 2 aromatic heterocycles. The second-order valence-corrected chi connectivity index (χ2v) is 11.4. The van der Waals surface area contributed by atoms with E-state index in [1.807, 2.05) is 6.07 Å². The number of benzene rings is 7. The highest BCUT2D eigenvalue weighted by atomic mass is 16.5. The normalized spacial score (nSPS) is 12.4. The van der Waals surface area contributed by atoms with Crippen molar-refractivity contribution in [3.63, 3.8) is 0 Å². The van der Waals surface area contributed by atoms with Crippen LogP contribution < -0.4 is 4.74 Å². The van der Waals surface area contributed by atoms with Crippen LogP contribution in [0.15, 0.2) is 146 Å². The molecule has 43 heavy (non-hydrogen) atoms. The molecule has 1 aliphatic rings. The Labute approximate surface area is 247 Å². The lowest BCUT2D eigenvalue weighted by Gasteiger charge is -2.21. The highest BCUT2D eigenvalue weighted by Crippen LogP contribution is 2.47. The van der Waals surface area contributed by atoms with E-state index in [0.717, 1.165) is 22.7 Å². The molecular weight excluding hydrogens is 524 g/mol. The molecule has 0 bridgehead atoms. The van der Waals surface area contributed by atoms with Gasteiger partial charge < -0.3 is 13.9 Å². The Morgan fingerprint density at radius 2 is 1.05 bits per heavy atom. The quantitative estimate of drug-likeness (QED) is 0.210. The van der Waals surface area contributed by atoms with E-state index in [4.69, 9.17) is 4.74 Å². The molecule has 0 fully saturated rings. The van der Waals surface area contributed by atoms with Crippen molar-refractivity contribution in [1.82, 2.24) is 9.13 Å². The molecule has 0 atom stereocenters. The smallest absolute Gasteiger partial charge is 0.152 e. The standard InChI is InChI=1S/C40H24N2O/c1-3-14-34-30(9-1)31-10-2-4-15-35(31)41(34)28-22-21-25-23-27(20-19-26(25)24-28)29-11-7-12-32-33-13-8-18-38-40(33)42(39(29)32)36-16-5-6-17-37(36)43-38/h1-24H. The molecule has 200 valence electrons. The zero-order valence-corrected chi connectivity index (χ0v) is 23.2. The van der Waals surface area contributed by atoms with Crippen LogP contribution in [-0.4, -0.2) is 9.13 Å². The van der Waals surface area contributed by atoms with E-state index in [-0.39, 0.29) is 0 Å². The van der Waals surface area contributed by atoms with Crippen LogP contribution in [0, 0.1) is 0 Å². The number of hydrogen-bond acceptors (Lipinski definition) is 1. The Hall–Kier alpha value is -5.80. The molecule has 0 spiro atoms. The summed E-state index contributed by atoms with van der Waals surface area (Å²) in [5.74, 6) is 1.78. The fraction of sp³-hybridized carbons (Fsp3) is 0. The summed E-state index contributed by atoms with van der Waals surface area (Å²) in [6, 6.07) is 52.4. The van der Waals surface area contributed by atoms with Gasteiger partial charge in [0.25, 0.3) is 0 Å². The molecule has 10 rings (SSSR count). The number of hydrogen-bond donors (Lipinski definition) is 0. The maximum atomic E-state index is 6.35. The van der Waals surface area contributed by atoms with Gasteiger partial charge in [0.1, 0.15) is 0 Å². The third-order valence-electron chi connectivity index (χ3n) is 9.07. The minimum Gasteiger partial charge on any atom is -0.453 e. The van der Waals surface area contributed by atoms with E-state index in [1.165, 1.54) is 65.7 Å². The molecule has 0 saturated carbocycles. The van der Waals surface area contributed by atoms with E-state index >= 15 is 0 Å². The van der Waals surface area contributed by atoms with Crippen molar-refractivity contribution >= 4 is 54.4 Å². The minimum atomic E-state index is 0.880. The number of fused-ring (bicyclic) bond motifs is 9. The number of nitrogens with zero attached hydrogens (tertiary/aromatic N) is 2. The van der Waals surface area contributed by atoms with Gasteiger partial charge in [0.2, 0.25) is 0 Å². The van der Waals surface area contributed by atoms with Crippen molar-refractivity contribution in [3.8, 4) is 34.0 Å². The van der Waals surface area contributed by atoms with Gasteiger partial charge in [-0.1, -0.05) is 97.1 Å². The number of ether oxygens (including phenoxy) is 1. The van der Waals surface area contributed by atoms with Gasteiger partial charge in [-0.05, 0) is 64.9 Å². The van der Waals surface area contributed by atoms with Gasteiger partial charge in [0.15, 0.2) is 11.5 Å². The van der Waals surface area contributed by atoms with Gasteiger partial charge in [0, 0.05) is 32.8 Å². The van der Waals surface area contributed by atoms with Gasteiger partial charge in [-0.15, -0.1) is 0 Å². The average Bonchev–Trinajstić information content (AvgIpc) is 3.59. The van der Waals surface area contributed by atoms with Crippen LogP contribution in [0.1, 0.15) is 0 Å². The van der Waals surface area contributed by atoms with Crippen molar-refractivity contribution in [2.45, 2.75) is 0 Å². The molecule has 7 aromatic carbocycles. The first-order valence-corrected chi connectivity index (χ1v) is 14.7. The van der Waals surface area contributed by atoms with Crippen LogP contribution >= 0.6 is 0 Å². The fourth-order valence-electron chi connectivity index (χ4n) is 7.23. The topological polar surface area (TPSA) is 19.1 Å². The van der Waals surface area contributed by atoms with Crippen LogP contribution in [-0.2, 0) is 0 Å². The van der Waals surface area contributed by atoms with E-state index in [9.17, 15) is 0 Å². The third kappa shape index (κ3) is 3.08. The molecule has 0 amide bonds. The SMILES string of the molecule is c1ccc2c(c1)Oc1cccc3c4cccc(-c5ccc6cc(-n7c8ccccc8c8ccccc87)ccc6c5)c4n-2c13. The van der Waals surface area contributed by atoms with Crippen molar-refractivity contribution < 1.29 is 4.74 Å². The molecule has 1 aliphatic heterocycles. The number of rotatable bonds is 2. The van der Waals surface area contributed by atoms with Gasteiger partial charge in [-0.3, -0.25) is 0 Å². The first-order valence-electron chi connectivity index (χ1n) is 14.7. The van der Waals surface area contributed by atoms with E-state index in [1.54, 1.807) is 0 Å². The third-order valence-corrected chi connectivity index (χ3v) is 9.07. The lowest BCUT2D eigenvalue weighted by atomic mass is 9.98. The van der Waals surface area contributed by atoms with Gasteiger partial charge >= 0.3 is 0 Å². The van der Waals surface area contributed by atoms with Crippen LogP contribution in [0.25, 0.3) is 76.9 Å².